The van der Waals surface area contributed by atoms with Gasteiger partial charge in [-0.1, -0.05) is 11.6 Å². The van der Waals surface area contributed by atoms with Gasteiger partial charge in [0, 0.05) is 5.69 Å². The molecule has 0 unspecified atom stereocenters. The highest BCUT2D eigenvalue weighted by atomic mass is 35.5. The van der Waals surface area contributed by atoms with E-state index >= 15 is 0 Å². The summed E-state index contributed by atoms with van der Waals surface area (Å²) in [5, 5.41) is 14.9. The summed E-state index contributed by atoms with van der Waals surface area (Å²) >= 11 is 5.66. The molecule has 18 heavy (non-hydrogen) atoms. The number of nitrogens with zero attached hydrogens (tertiary/aromatic N) is 3. The highest BCUT2D eigenvalue weighted by Gasteiger charge is 2.21. The predicted octanol–water partition coefficient (Wildman–Crippen LogP) is 3.19. The molecule has 94 valence electrons. The molecule has 0 amide bonds. The molecule has 0 N–H and O–H groups in total. The molecule has 1 heterocycles. The minimum absolute atomic E-state index is 0.150. The molecular formula is C11H9ClFN3O2. The van der Waals surface area contributed by atoms with Gasteiger partial charge < -0.3 is 0 Å². The normalized spacial score (nSPS) is 10.7. The number of aromatic nitrogens is 2. The van der Waals surface area contributed by atoms with Crippen LogP contribution >= 0.6 is 11.6 Å². The van der Waals surface area contributed by atoms with Crippen molar-refractivity contribution in [3.8, 4) is 5.69 Å². The van der Waals surface area contributed by atoms with E-state index in [0.717, 1.165) is 6.07 Å². The van der Waals surface area contributed by atoms with Crippen molar-refractivity contribution < 1.29 is 9.31 Å². The van der Waals surface area contributed by atoms with Crippen molar-refractivity contribution in [2.75, 3.05) is 0 Å². The second kappa shape index (κ2) is 4.38. The molecule has 1 aromatic heterocycles. The van der Waals surface area contributed by atoms with Crippen LogP contribution in [-0.2, 0) is 0 Å². The van der Waals surface area contributed by atoms with Crippen molar-refractivity contribution in [2.24, 2.45) is 0 Å². The van der Waals surface area contributed by atoms with Crippen LogP contribution in [0.3, 0.4) is 0 Å². The van der Waals surface area contributed by atoms with Crippen LogP contribution in [0.5, 0.6) is 0 Å². The quantitative estimate of drug-likeness (QED) is 0.621. The minimum Gasteiger partial charge on any atom is -0.258 e. The van der Waals surface area contributed by atoms with Gasteiger partial charge in [-0.15, -0.1) is 0 Å². The van der Waals surface area contributed by atoms with E-state index < -0.39 is 10.7 Å². The fourth-order valence-corrected chi connectivity index (χ4v) is 1.87. The number of aryl methyl sites for hydroxylation is 2. The van der Waals surface area contributed by atoms with Gasteiger partial charge in [0.2, 0.25) is 0 Å². The van der Waals surface area contributed by atoms with Gasteiger partial charge >= 0.3 is 0 Å². The van der Waals surface area contributed by atoms with Crippen molar-refractivity contribution in [3.63, 3.8) is 0 Å². The molecule has 0 fully saturated rings. The average molecular weight is 270 g/mol. The molecule has 0 saturated carbocycles. The maximum Gasteiger partial charge on any atom is 0.297 e. The summed E-state index contributed by atoms with van der Waals surface area (Å²) < 4.78 is 14.6. The maximum absolute atomic E-state index is 13.3. The topological polar surface area (TPSA) is 61.0 Å². The molecule has 1 aromatic carbocycles. The third kappa shape index (κ3) is 2.06. The predicted molar refractivity (Wildman–Crippen MR) is 64.7 cm³/mol. The highest BCUT2D eigenvalue weighted by molar-refractivity contribution is 6.31. The van der Waals surface area contributed by atoms with Gasteiger partial charge in [0.1, 0.15) is 11.5 Å². The van der Waals surface area contributed by atoms with Gasteiger partial charge in [-0.05, 0) is 26.0 Å². The third-order valence-corrected chi connectivity index (χ3v) is 2.74. The Morgan fingerprint density at radius 3 is 2.56 bits per heavy atom. The van der Waals surface area contributed by atoms with E-state index in [4.69, 9.17) is 11.6 Å². The molecular weight excluding hydrogens is 261 g/mol. The van der Waals surface area contributed by atoms with Crippen molar-refractivity contribution in [3.05, 3.63) is 50.5 Å². The van der Waals surface area contributed by atoms with Gasteiger partial charge in [-0.3, -0.25) is 10.1 Å². The fraction of sp³-hybridized carbons (Fsp3) is 0.182. The number of rotatable bonds is 2. The second-order valence-electron chi connectivity index (χ2n) is 3.85. The fourth-order valence-electron chi connectivity index (χ4n) is 1.71. The van der Waals surface area contributed by atoms with Gasteiger partial charge in [0.25, 0.3) is 5.69 Å². The van der Waals surface area contributed by atoms with Crippen LogP contribution in [0, 0.1) is 29.8 Å². The average Bonchev–Trinajstić information content (AvgIpc) is 2.61. The number of hydrogen-bond acceptors (Lipinski definition) is 3. The van der Waals surface area contributed by atoms with E-state index in [1.54, 1.807) is 19.9 Å². The van der Waals surface area contributed by atoms with Crippen LogP contribution in [0.15, 0.2) is 18.2 Å². The van der Waals surface area contributed by atoms with E-state index in [-0.39, 0.29) is 16.4 Å². The van der Waals surface area contributed by atoms with Crippen molar-refractivity contribution in [1.82, 2.24) is 9.78 Å². The molecule has 0 aliphatic carbocycles. The minimum atomic E-state index is -0.825. The van der Waals surface area contributed by atoms with Crippen LogP contribution in [0.1, 0.15) is 11.4 Å². The molecule has 2 aromatic rings. The van der Waals surface area contributed by atoms with E-state index in [1.807, 2.05) is 0 Å². The molecule has 7 heteroatoms. The highest BCUT2D eigenvalue weighted by Crippen LogP contribution is 2.29. The zero-order valence-corrected chi connectivity index (χ0v) is 10.4. The Hall–Kier alpha value is -1.95. The molecule has 5 nitrogen and oxygen atoms in total. The summed E-state index contributed by atoms with van der Waals surface area (Å²) in [6.45, 7) is 3.52. The molecule has 0 bridgehead atoms. The Bertz CT molecular complexity index is 639. The van der Waals surface area contributed by atoms with E-state index in [2.05, 4.69) is 5.10 Å². The van der Waals surface area contributed by atoms with Gasteiger partial charge in [-0.25, -0.2) is 9.07 Å². The lowest BCUT2D eigenvalue weighted by Gasteiger charge is -2.06. The van der Waals surface area contributed by atoms with Gasteiger partial charge in [0.15, 0.2) is 0 Å². The Balaban J connectivity index is 2.73. The standard InChI is InChI=1S/C11H9ClFN3O2/c1-6-3-7(2)15(14-6)10-4-8(12)9(13)5-11(10)16(17)18/h3-5H,1-2H3. The molecule has 0 aliphatic heterocycles. The first-order chi connectivity index (χ1) is 8.40. The Morgan fingerprint density at radius 1 is 1.39 bits per heavy atom. The monoisotopic (exact) mass is 269 g/mol. The first-order valence-electron chi connectivity index (χ1n) is 5.07. The molecule has 0 saturated heterocycles. The number of nitro benzene ring substituents is 1. The number of nitro groups is 1. The molecule has 0 radical (unpaired) electrons. The zero-order valence-electron chi connectivity index (χ0n) is 9.65. The van der Waals surface area contributed by atoms with Crippen molar-refractivity contribution in [2.45, 2.75) is 13.8 Å². The SMILES string of the molecule is Cc1cc(C)n(-c2cc(Cl)c(F)cc2[N+](=O)[O-])n1. The summed E-state index contributed by atoms with van der Waals surface area (Å²) in [7, 11) is 0. The van der Waals surface area contributed by atoms with Crippen LogP contribution in [0.4, 0.5) is 10.1 Å². The lowest BCUT2D eigenvalue weighted by molar-refractivity contribution is -0.384. The van der Waals surface area contributed by atoms with Gasteiger partial charge in [-0.2, -0.15) is 5.10 Å². The van der Waals surface area contributed by atoms with Crippen molar-refractivity contribution >= 4 is 17.3 Å². The first-order valence-corrected chi connectivity index (χ1v) is 5.45. The summed E-state index contributed by atoms with van der Waals surface area (Å²) in [5.41, 5.74) is 1.20. The lowest BCUT2D eigenvalue weighted by Crippen LogP contribution is -2.04. The first kappa shape index (κ1) is 12.5. The number of hydrogen-bond donors (Lipinski definition) is 0. The van der Waals surface area contributed by atoms with E-state index in [0.29, 0.717) is 11.4 Å². The Morgan fingerprint density at radius 2 is 2.06 bits per heavy atom. The summed E-state index contributed by atoms with van der Waals surface area (Å²) in [6.07, 6.45) is 0. The Kier molecular flexibility index (Phi) is 3.04. The van der Waals surface area contributed by atoms with E-state index in [1.165, 1.54) is 10.7 Å². The number of benzene rings is 1. The summed E-state index contributed by atoms with van der Waals surface area (Å²) in [6, 6.07) is 3.77. The Labute approximate surface area is 107 Å². The van der Waals surface area contributed by atoms with E-state index in [9.17, 15) is 14.5 Å². The second-order valence-corrected chi connectivity index (χ2v) is 4.26. The number of halogens is 2. The van der Waals surface area contributed by atoms with Crippen LogP contribution < -0.4 is 0 Å². The summed E-state index contributed by atoms with van der Waals surface area (Å²) in [5.74, 6) is -0.825. The van der Waals surface area contributed by atoms with Crippen LogP contribution in [-0.4, -0.2) is 14.7 Å². The molecule has 0 aliphatic rings. The molecule has 2 rings (SSSR count). The van der Waals surface area contributed by atoms with Gasteiger partial charge in [0.05, 0.1) is 21.7 Å². The largest absolute Gasteiger partial charge is 0.297 e. The molecule has 0 atom stereocenters. The third-order valence-electron chi connectivity index (χ3n) is 2.45. The smallest absolute Gasteiger partial charge is 0.258 e. The zero-order chi connectivity index (χ0) is 13.4. The van der Waals surface area contributed by atoms with Crippen LogP contribution in [0.2, 0.25) is 5.02 Å². The summed E-state index contributed by atoms with van der Waals surface area (Å²) in [4.78, 5) is 10.3. The van der Waals surface area contributed by atoms with Crippen LogP contribution in [0.25, 0.3) is 5.69 Å². The lowest BCUT2D eigenvalue weighted by atomic mass is 10.2. The van der Waals surface area contributed by atoms with Crippen molar-refractivity contribution in [1.29, 1.82) is 0 Å². The molecule has 0 spiro atoms. The maximum atomic E-state index is 13.3.